The molecule has 1 N–H and O–H groups in total. The fourth-order valence-corrected chi connectivity index (χ4v) is 2.57. The summed E-state index contributed by atoms with van der Waals surface area (Å²) in [5, 5.41) is 6.74. The van der Waals surface area contributed by atoms with Gasteiger partial charge in [0.25, 0.3) is 5.91 Å². The number of aromatic nitrogens is 2. The van der Waals surface area contributed by atoms with Gasteiger partial charge in [-0.05, 0) is 44.2 Å². The second-order valence-corrected chi connectivity index (χ2v) is 6.49. The first-order chi connectivity index (χ1) is 12.6. The Morgan fingerprint density at radius 3 is 2.88 bits per heavy atom. The molecule has 0 aliphatic heterocycles. The lowest BCUT2D eigenvalue weighted by Crippen LogP contribution is -2.33. The van der Waals surface area contributed by atoms with Gasteiger partial charge in [0.2, 0.25) is 5.43 Å². The number of ether oxygens (including phenoxy) is 1. The van der Waals surface area contributed by atoms with Crippen molar-refractivity contribution in [2.75, 3.05) is 19.8 Å². The lowest BCUT2D eigenvalue weighted by atomic mass is 10.2. The smallest absolute Gasteiger partial charge is 0.275 e. The normalized spacial score (nSPS) is 13.6. The number of nitrogens with one attached hydrogen (secondary N) is 1. The SMILES string of the molecule is Cc1cc(=O)c(C(=O)NCCCOCC2CC2)nn1-c1ccccc1F. The minimum atomic E-state index is -0.567. The van der Waals surface area contributed by atoms with Gasteiger partial charge < -0.3 is 10.1 Å². The van der Waals surface area contributed by atoms with Crippen LogP contribution in [0.5, 0.6) is 0 Å². The first-order valence-corrected chi connectivity index (χ1v) is 8.78. The van der Waals surface area contributed by atoms with Gasteiger partial charge >= 0.3 is 0 Å². The number of amides is 1. The molecule has 7 heteroatoms. The lowest BCUT2D eigenvalue weighted by Gasteiger charge is -2.12. The van der Waals surface area contributed by atoms with E-state index < -0.39 is 17.2 Å². The van der Waals surface area contributed by atoms with Crippen LogP contribution >= 0.6 is 0 Å². The van der Waals surface area contributed by atoms with Gasteiger partial charge in [0.05, 0.1) is 0 Å². The molecular weight excluding hydrogens is 337 g/mol. The summed E-state index contributed by atoms with van der Waals surface area (Å²) in [7, 11) is 0. The summed E-state index contributed by atoms with van der Waals surface area (Å²) < 4.78 is 20.8. The van der Waals surface area contributed by atoms with Gasteiger partial charge in [-0.3, -0.25) is 9.59 Å². The second-order valence-electron chi connectivity index (χ2n) is 6.49. The van der Waals surface area contributed by atoms with Crippen LogP contribution < -0.4 is 10.7 Å². The van der Waals surface area contributed by atoms with E-state index in [1.165, 1.54) is 29.7 Å². The first-order valence-electron chi connectivity index (χ1n) is 8.78. The molecule has 26 heavy (non-hydrogen) atoms. The number of hydrogen-bond donors (Lipinski definition) is 1. The van der Waals surface area contributed by atoms with Crippen molar-refractivity contribution in [1.82, 2.24) is 15.1 Å². The molecule has 1 aromatic carbocycles. The highest BCUT2D eigenvalue weighted by molar-refractivity contribution is 5.92. The molecule has 3 rings (SSSR count). The Morgan fingerprint density at radius 1 is 1.38 bits per heavy atom. The zero-order valence-electron chi connectivity index (χ0n) is 14.7. The van der Waals surface area contributed by atoms with Crippen molar-refractivity contribution >= 4 is 5.91 Å². The fourth-order valence-electron chi connectivity index (χ4n) is 2.57. The molecule has 0 radical (unpaired) electrons. The Balaban J connectivity index is 1.64. The third kappa shape index (κ3) is 4.54. The van der Waals surface area contributed by atoms with E-state index in [2.05, 4.69) is 10.4 Å². The van der Waals surface area contributed by atoms with Gasteiger partial charge in [0, 0.05) is 31.5 Å². The van der Waals surface area contributed by atoms with Crippen molar-refractivity contribution in [3.05, 3.63) is 57.8 Å². The van der Waals surface area contributed by atoms with E-state index in [-0.39, 0.29) is 11.4 Å². The predicted octanol–water partition coefficient (Wildman–Crippen LogP) is 2.23. The Morgan fingerprint density at radius 2 is 2.15 bits per heavy atom. The van der Waals surface area contributed by atoms with Crippen molar-refractivity contribution in [3.63, 3.8) is 0 Å². The number of carbonyl (C=O) groups excluding carboxylic acids is 1. The van der Waals surface area contributed by atoms with E-state index in [9.17, 15) is 14.0 Å². The molecule has 0 atom stereocenters. The minimum Gasteiger partial charge on any atom is -0.381 e. The molecular formula is C19H22FN3O3. The number of hydrogen-bond acceptors (Lipinski definition) is 4. The summed E-state index contributed by atoms with van der Waals surface area (Å²) in [5.74, 6) is -0.341. The number of rotatable bonds is 8. The molecule has 0 bridgehead atoms. The first kappa shape index (κ1) is 18.3. The van der Waals surface area contributed by atoms with Gasteiger partial charge in [-0.2, -0.15) is 5.10 Å². The summed E-state index contributed by atoms with van der Waals surface area (Å²) in [6, 6.07) is 7.36. The highest BCUT2D eigenvalue weighted by Crippen LogP contribution is 2.28. The monoisotopic (exact) mass is 359 g/mol. The number of aryl methyl sites for hydroxylation is 1. The van der Waals surface area contributed by atoms with Crippen LogP contribution in [0.25, 0.3) is 5.69 Å². The molecule has 1 saturated carbocycles. The molecule has 0 unspecified atom stereocenters. The highest BCUT2D eigenvalue weighted by Gasteiger charge is 2.21. The molecule has 1 heterocycles. The number of benzene rings is 1. The summed E-state index contributed by atoms with van der Waals surface area (Å²) >= 11 is 0. The molecule has 1 amide bonds. The summed E-state index contributed by atoms with van der Waals surface area (Å²) in [6.45, 7) is 3.37. The van der Waals surface area contributed by atoms with Crippen LogP contribution in [0.1, 0.15) is 35.4 Å². The van der Waals surface area contributed by atoms with E-state index in [1.54, 1.807) is 25.1 Å². The molecule has 1 fully saturated rings. The summed E-state index contributed by atoms with van der Waals surface area (Å²) in [6.07, 6.45) is 3.14. The van der Waals surface area contributed by atoms with Crippen molar-refractivity contribution in [3.8, 4) is 5.69 Å². The van der Waals surface area contributed by atoms with Crippen molar-refractivity contribution in [1.29, 1.82) is 0 Å². The molecule has 0 spiro atoms. The number of nitrogens with zero attached hydrogens (tertiary/aromatic N) is 2. The van der Waals surface area contributed by atoms with E-state index in [4.69, 9.17) is 4.74 Å². The fraction of sp³-hybridized carbons (Fsp3) is 0.421. The van der Waals surface area contributed by atoms with Crippen molar-refractivity contribution < 1.29 is 13.9 Å². The van der Waals surface area contributed by atoms with Gasteiger partial charge in [-0.25, -0.2) is 9.07 Å². The highest BCUT2D eigenvalue weighted by atomic mass is 19.1. The van der Waals surface area contributed by atoms with Crippen LogP contribution in [-0.4, -0.2) is 35.4 Å². The zero-order chi connectivity index (χ0) is 18.5. The molecule has 0 saturated heterocycles. The molecule has 1 aliphatic rings. The van der Waals surface area contributed by atoms with Gasteiger partial charge in [-0.15, -0.1) is 0 Å². The van der Waals surface area contributed by atoms with Crippen LogP contribution in [0.2, 0.25) is 0 Å². The van der Waals surface area contributed by atoms with Gasteiger partial charge in [0.1, 0.15) is 11.5 Å². The van der Waals surface area contributed by atoms with Crippen LogP contribution in [0.15, 0.2) is 35.1 Å². The minimum absolute atomic E-state index is 0.188. The van der Waals surface area contributed by atoms with Gasteiger partial charge in [-0.1, -0.05) is 12.1 Å². The molecule has 138 valence electrons. The van der Waals surface area contributed by atoms with E-state index in [1.807, 2.05) is 0 Å². The third-order valence-corrected chi connectivity index (χ3v) is 4.20. The van der Waals surface area contributed by atoms with E-state index in [0.717, 1.165) is 6.61 Å². The van der Waals surface area contributed by atoms with Crippen LogP contribution in [0.4, 0.5) is 4.39 Å². The maximum atomic E-state index is 14.0. The molecule has 1 aliphatic carbocycles. The Hall–Kier alpha value is -2.54. The Labute approximate surface area is 151 Å². The van der Waals surface area contributed by atoms with E-state index >= 15 is 0 Å². The number of halogens is 1. The standard InChI is InChI=1S/C19H22FN3O3/c1-13-11-17(24)18(22-23(13)16-6-3-2-5-15(16)20)19(25)21-9-4-10-26-12-14-7-8-14/h2-3,5-6,11,14H,4,7-10,12H2,1H3,(H,21,25). The molecule has 2 aromatic rings. The Kier molecular flexibility index (Phi) is 5.78. The van der Waals surface area contributed by atoms with Crippen LogP contribution in [0, 0.1) is 18.7 Å². The topological polar surface area (TPSA) is 73.2 Å². The zero-order valence-corrected chi connectivity index (χ0v) is 14.7. The second kappa shape index (κ2) is 8.23. The summed E-state index contributed by atoms with van der Waals surface area (Å²) in [5.41, 5.74) is -0.104. The van der Waals surface area contributed by atoms with Crippen molar-refractivity contribution in [2.24, 2.45) is 5.92 Å². The predicted molar refractivity (Wildman–Crippen MR) is 95.0 cm³/mol. The lowest BCUT2D eigenvalue weighted by molar-refractivity contribution is 0.0929. The maximum absolute atomic E-state index is 14.0. The number of para-hydroxylation sites is 1. The third-order valence-electron chi connectivity index (χ3n) is 4.20. The largest absolute Gasteiger partial charge is 0.381 e. The number of carbonyl (C=O) groups is 1. The van der Waals surface area contributed by atoms with Crippen LogP contribution in [-0.2, 0) is 4.74 Å². The maximum Gasteiger partial charge on any atom is 0.275 e. The summed E-state index contributed by atoms with van der Waals surface area (Å²) in [4.78, 5) is 24.4. The van der Waals surface area contributed by atoms with Crippen LogP contribution in [0.3, 0.4) is 0 Å². The van der Waals surface area contributed by atoms with Gasteiger partial charge in [0.15, 0.2) is 5.69 Å². The van der Waals surface area contributed by atoms with Crippen molar-refractivity contribution in [2.45, 2.75) is 26.2 Å². The molecule has 1 aromatic heterocycles. The average Bonchev–Trinajstić information content (AvgIpc) is 3.43. The quantitative estimate of drug-likeness (QED) is 0.734. The average molecular weight is 359 g/mol. The molecule has 6 nitrogen and oxygen atoms in total. The Bertz CT molecular complexity index is 846. The van der Waals surface area contributed by atoms with E-state index in [0.29, 0.717) is 31.2 Å².